The molecule has 2 fully saturated rings. The largest absolute Gasteiger partial charge is 0.573 e. The van der Waals surface area contributed by atoms with Crippen molar-refractivity contribution in [1.82, 2.24) is 22.8 Å². The Balaban J connectivity index is 0.000000161. The second-order valence-electron chi connectivity index (χ2n) is 34.0. The summed E-state index contributed by atoms with van der Waals surface area (Å²) in [5, 5.41) is 84.6. The van der Waals surface area contributed by atoms with Gasteiger partial charge in [0.15, 0.2) is 11.4 Å². The first-order chi connectivity index (χ1) is 68.0. The molecule has 3 aliphatic rings. The van der Waals surface area contributed by atoms with Crippen LogP contribution in [0.2, 0.25) is 0 Å². The average Bonchev–Trinajstić information content (AvgIpc) is 1.51. The van der Waals surface area contributed by atoms with E-state index in [0.29, 0.717) is 79.3 Å². The summed E-state index contributed by atoms with van der Waals surface area (Å²) in [5.41, 5.74) is 10.0. The van der Waals surface area contributed by atoms with Crippen molar-refractivity contribution in [2.45, 2.75) is 130 Å². The summed E-state index contributed by atoms with van der Waals surface area (Å²) in [5.74, 6) is -13.2. The summed E-state index contributed by atoms with van der Waals surface area (Å²) >= 11 is 0. The predicted octanol–water partition coefficient (Wildman–Crippen LogP) is 21.0. The summed E-state index contributed by atoms with van der Waals surface area (Å²) in [6.45, 7) is 7.83. The SMILES string of the molecule is CC1=C(C(C(=O)O)C2CCC2)c2cc(O)ccc2[N+]1(C(=O)c1ccc(OC(F)(F)F)cc1)c1c(C)n(C(=O)c2ccc(OC(F)(F)F)cc2)c2ccc(O)cc12.Cc1c(C(C(=O)[O-])C2CCCC2)c2cc(O)ccc2n1C(=O)c1ccc(OC(F)(F)F)cc1.Cc1c(CC(=O)O)c2cc(O)ccc2n1C(=O)c1ccc(OC(F)(F)F)cc1.Cc1c(CC(N)=O)c2cc(O)ccc2n1C(=O)c1ccc(OC(F)(F)F)cc1. The number of amides is 2. The van der Waals surface area contributed by atoms with Crippen LogP contribution in [0.25, 0.3) is 49.2 Å². The molecule has 0 bridgehead atoms. The number of carbonyl (C=O) groups excluding carboxylic acids is 7. The van der Waals surface area contributed by atoms with Gasteiger partial charge >= 0.3 is 49.7 Å². The topological polar surface area (TPSA) is 410 Å². The van der Waals surface area contributed by atoms with Crippen molar-refractivity contribution in [2.75, 3.05) is 0 Å². The van der Waals surface area contributed by atoms with Gasteiger partial charge in [0.05, 0.1) is 63.0 Å². The van der Waals surface area contributed by atoms with Crippen LogP contribution in [0.5, 0.6) is 57.5 Å². The van der Waals surface area contributed by atoms with Crippen molar-refractivity contribution in [3.8, 4) is 57.5 Å². The number of primary amides is 1. The van der Waals surface area contributed by atoms with E-state index in [4.69, 9.17) is 10.8 Å². The van der Waals surface area contributed by atoms with E-state index in [1.807, 2.05) is 0 Å². The number of phenols is 5. The first-order valence-electron chi connectivity index (χ1n) is 43.8. The van der Waals surface area contributed by atoms with E-state index >= 15 is 4.79 Å². The summed E-state index contributed by atoms with van der Waals surface area (Å²) in [4.78, 5) is 117. The lowest BCUT2D eigenvalue weighted by Crippen LogP contribution is -2.47. The molecule has 1 aliphatic heterocycles. The Hall–Kier alpha value is -16.8. The number of carboxylic acid groups (broad SMARTS) is 3. The number of aliphatic carboxylic acids is 3. The van der Waals surface area contributed by atoms with Crippen molar-refractivity contribution in [1.29, 1.82) is 0 Å². The third-order valence-corrected chi connectivity index (χ3v) is 25.0. The first kappa shape index (κ1) is 104. The maximum atomic E-state index is 15.5. The van der Waals surface area contributed by atoms with Crippen LogP contribution in [0.15, 0.2) is 218 Å². The number of nitrogens with two attached hydrogens (primary N) is 1. The average molecular weight is 2030 g/mol. The molecule has 2 saturated carbocycles. The normalized spacial score (nSPS) is 14.9. The first-order valence-corrected chi connectivity index (χ1v) is 43.8. The van der Waals surface area contributed by atoms with Gasteiger partial charge in [0.2, 0.25) is 5.91 Å². The molecule has 3 atom stereocenters. The number of aromatic hydroxyl groups is 5. The van der Waals surface area contributed by atoms with Crippen LogP contribution in [0.1, 0.15) is 155 Å². The number of quaternary nitrogens is 1. The van der Waals surface area contributed by atoms with Gasteiger partial charge in [0, 0.05) is 85.9 Å². The lowest BCUT2D eigenvalue weighted by atomic mass is 9.71. The summed E-state index contributed by atoms with van der Waals surface area (Å²) in [6.07, 6.45) is -19.9. The fourth-order valence-electron chi connectivity index (χ4n) is 18.9. The fourth-order valence-corrected chi connectivity index (χ4v) is 18.9. The molecule has 0 radical (unpaired) electrons. The van der Waals surface area contributed by atoms with E-state index in [1.54, 1.807) is 20.8 Å². The number of halogens is 15. The van der Waals surface area contributed by atoms with Crippen molar-refractivity contribution in [3.05, 3.63) is 291 Å². The standard InChI is InChI=1S/C40H30F6N2O8.C24H22F3NO5.C19H15F3N2O4.C19H14F3NO5/c1-20-35(29-18-25(49)10-16-31(29)47(20)36(51)23-6-12-27(13-7-23)55-39(41,42)43)48(37(52)24-8-14-28(15-9-24)56-40(44,45)46)21(2)33(30-19-26(50)11-17-32(30)48)34(38(53)54)22-4-3-5-22;1-13-20(21(23(31)32)14-4-2-3-5-14)18-12-16(29)8-11-19(18)28(13)22(30)15-6-9-17(10-7-15)33-24(25,26)27;1-10-14(9-17(23)26)15-8-12(25)4-7-16(15)24(10)18(27)11-2-5-13(6-3-11)28-19(20,21)22;1-10-14(9-17(25)26)15-8-12(24)4-7-16(15)23(10)18(27)11-2-5-13(6-3-11)28-19(20,21)22/h6-19,22,34H,3-5H2,1-2H3,(H2-,49,50,53,54);6-12,14,21,29H,2-5H2,1H3,(H,31,32);2-8,25H,9H2,1H3,(H2,23,26);2-8,24H,9H2,1H3,(H,25,26). The number of phenolic OH excluding ortho intramolecular Hbond substituents is 5. The van der Waals surface area contributed by atoms with Crippen LogP contribution >= 0.6 is 0 Å². The number of aromatic nitrogens is 4. The molecule has 14 aromatic rings. The number of hydrogen-bond donors (Lipinski definition) is 8. The highest BCUT2D eigenvalue weighted by Crippen LogP contribution is 2.60. The van der Waals surface area contributed by atoms with E-state index in [9.17, 15) is 140 Å². The van der Waals surface area contributed by atoms with Crippen molar-refractivity contribution in [2.24, 2.45) is 23.5 Å². The zero-order valence-corrected chi connectivity index (χ0v) is 76.1. The van der Waals surface area contributed by atoms with Gasteiger partial charge in [-0.3, -0.25) is 51.8 Å². The number of benzene rings is 10. The van der Waals surface area contributed by atoms with Gasteiger partial charge in [0.1, 0.15) is 63.2 Å². The highest BCUT2D eigenvalue weighted by atomic mass is 19.4. The second-order valence-corrected chi connectivity index (χ2v) is 34.0. The lowest BCUT2D eigenvalue weighted by Gasteiger charge is -2.34. The number of nitrogens with zero attached hydrogens (tertiary/aromatic N) is 5. The van der Waals surface area contributed by atoms with Gasteiger partial charge in [-0.05, 0) is 288 Å². The predicted molar refractivity (Wildman–Crippen MR) is 487 cm³/mol. The molecule has 2 amide bonds. The summed E-state index contributed by atoms with van der Waals surface area (Å²) in [7, 11) is 0. The molecule has 4 aromatic heterocycles. The number of fused-ring (bicyclic) bond motifs is 5. The Morgan fingerprint density at radius 2 is 0.669 bits per heavy atom. The van der Waals surface area contributed by atoms with Gasteiger partial charge in [-0.25, -0.2) is 4.79 Å². The van der Waals surface area contributed by atoms with Crippen molar-refractivity contribution >= 4 is 114 Å². The number of hydrogen-bond acceptors (Lipinski definition) is 20. The number of rotatable bonds is 21. The Kier molecular flexibility index (Phi) is 28.9. The quantitative estimate of drug-likeness (QED) is 0.0245. The van der Waals surface area contributed by atoms with Gasteiger partial charge in [-0.2, -0.15) is 4.48 Å². The van der Waals surface area contributed by atoms with Crippen molar-refractivity contribution in [3.63, 3.8) is 0 Å². The minimum atomic E-state index is -5.03. The molecule has 0 saturated heterocycles. The molecule has 10 aromatic carbocycles. The fraction of sp³-hybridized carbons (Fsp3) is 0.225. The third kappa shape index (κ3) is 22.1. The highest BCUT2D eigenvalue weighted by molar-refractivity contribution is 6.20. The van der Waals surface area contributed by atoms with E-state index in [2.05, 4.69) is 23.7 Å². The molecule has 28 nitrogen and oxygen atoms in total. The zero-order chi connectivity index (χ0) is 106. The van der Waals surface area contributed by atoms with Gasteiger partial charge in [-0.15, -0.1) is 65.9 Å². The molecule has 2 aliphatic carbocycles. The number of carboxylic acids is 3. The van der Waals surface area contributed by atoms with E-state index in [-0.39, 0.29) is 126 Å². The van der Waals surface area contributed by atoms with Gasteiger partial charge < -0.3 is 75.1 Å². The van der Waals surface area contributed by atoms with E-state index < -0.39 is 130 Å². The van der Waals surface area contributed by atoms with Crippen LogP contribution in [-0.2, 0) is 32.0 Å². The van der Waals surface area contributed by atoms with Gasteiger partial charge in [-0.1, -0.05) is 19.3 Å². The molecule has 5 heterocycles. The van der Waals surface area contributed by atoms with Crippen molar-refractivity contribution < 1.29 is 174 Å². The summed E-state index contributed by atoms with van der Waals surface area (Å²) in [6, 6.07) is 42.5. The maximum absolute atomic E-state index is 15.5. The van der Waals surface area contributed by atoms with Crippen LogP contribution in [-0.4, -0.2) is 139 Å². The zero-order valence-electron chi connectivity index (χ0n) is 76.1. The van der Waals surface area contributed by atoms with Crippen LogP contribution in [0.4, 0.5) is 77.2 Å². The molecule has 43 heteroatoms. The Morgan fingerprint density at radius 1 is 0.372 bits per heavy atom. The minimum Gasteiger partial charge on any atom is -0.549 e. The Bertz CT molecular complexity index is 7320. The number of allylic oxidation sites excluding steroid dienone is 1. The second kappa shape index (κ2) is 40.3. The highest BCUT2D eigenvalue weighted by Gasteiger charge is 2.58. The molecule has 17 rings (SSSR count). The third-order valence-electron chi connectivity index (χ3n) is 25.0. The Labute approximate surface area is 808 Å². The molecule has 145 heavy (non-hydrogen) atoms. The molecule has 9 N–H and O–H groups in total. The van der Waals surface area contributed by atoms with E-state index in [0.717, 1.165) is 117 Å². The Morgan fingerprint density at radius 3 is 1.00 bits per heavy atom. The number of ether oxygens (including phenoxy) is 5. The van der Waals surface area contributed by atoms with Crippen LogP contribution < -0.4 is 39.0 Å². The number of carbonyl (C=O) groups is 9. The van der Waals surface area contributed by atoms with Crippen LogP contribution in [0.3, 0.4) is 0 Å². The molecule has 756 valence electrons. The molecular formula is C102H81F15N6O22. The minimum absolute atomic E-state index is 0.0449. The van der Waals surface area contributed by atoms with Gasteiger partial charge in [0.25, 0.3) is 23.6 Å². The molecular weight excluding hydrogens is 1950 g/mol. The molecule has 3 unspecified atom stereocenters. The maximum Gasteiger partial charge on any atom is 0.573 e. The smallest absolute Gasteiger partial charge is 0.549 e. The summed E-state index contributed by atoms with van der Waals surface area (Å²) < 4.78 is 212. The van der Waals surface area contributed by atoms with E-state index in [1.165, 1.54) is 160 Å². The van der Waals surface area contributed by atoms with Crippen LogP contribution in [0, 0.1) is 45.4 Å². The number of alkyl halides is 15. The monoisotopic (exact) mass is 2030 g/mol. The molecule has 0 spiro atoms. The lowest BCUT2D eigenvalue weighted by molar-refractivity contribution is -0.309.